The van der Waals surface area contributed by atoms with Gasteiger partial charge in [0.15, 0.2) is 5.82 Å². The van der Waals surface area contributed by atoms with Gasteiger partial charge in [-0.3, -0.25) is 0 Å². The summed E-state index contributed by atoms with van der Waals surface area (Å²) in [6.07, 6.45) is 4.61. The molecule has 2 aromatic rings. The van der Waals surface area contributed by atoms with Gasteiger partial charge in [-0.15, -0.1) is 0 Å². The first-order valence-corrected chi connectivity index (χ1v) is 5.85. The number of methoxy groups -OCH3 is 1. The van der Waals surface area contributed by atoms with Crippen LogP contribution < -0.4 is 5.32 Å². The van der Waals surface area contributed by atoms with Crippen molar-refractivity contribution in [2.45, 2.75) is 18.6 Å². The fourth-order valence-electron chi connectivity index (χ4n) is 2.12. The van der Waals surface area contributed by atoms with Crippen LogP contribution in [0.5, 0.6) is 0 Å². The minimum atomic E-state index is 0.0662. The Labute approximate surface area is 104 Å². The molecule has 0 spiro atoms. The van der Waals surface area contributed by atoms with Gasteiger partial charge in [-0.05, 0) is 6.42 Å². The van der Waals surface area contributed by atoms with Crippen molar-refractivity contribution in [3.05, 3.63) is 18.3 Å². The van der Waals surface area contributed by atoms with Crippen molar-refractivity contribution >= 4 is 0 Å². The summed E-state index contributed by atoms with van der Waals surface area (Å²) in [4.78, 5) is 8.58. The van der Waals surface area contributed by atoms with E-state index in [1.54, 1.807) is 13.3 Å². The molecule has 0 radical (unpaired) electrons. The molecule has 7 heteroatoms. The number of aryl methyl sites for hydroxylation is 1. The zero-order valence-electron chi connectivity index (χ0n) is 10.3. The van der Waals surface area contributed by atoms with Crippen molar-refractivity contribution in [3.8, 4) is 11.6 Å². The van der Waals surface area contributed by atoms with Gasteiger partial charge in [-0.1, -0.05) is 5.16 Å². The maximum Gasteiger partial charge on any atom is 0.244 e. The molecule has 0 bridgehead atoms. The summed E-state index contributed by atoms with van der Waals surface area (Å²) in [6.45, 7) is 0.807. The quantitative estimate of drug-likeness (QED) is 0.854. The summed E-state index contributed by atoms with van der Waals surface area (Å²) in [5.41, 5.74) is 0. The summed E-state index contributed by atoms with van der Waals surface area (Å²) in [5, 5.41) is 7.26. The first kappa shape index (κ1) is 11.4. The molecule has 1 saturated heterocycles. The predicted molar refractivity (Wildman–Crippen MR) is 62.7 cm³/mol. The molecule has 7 nitrogen and oxygen atoms in total. The van der Waals surface area contributed by atoms with Crippen LogP contribution in [0, 0.1) is 0 Å². The van der Waals surface area contributed by atoms with Gasteiger partial charge in [0, 0.05) is 33.1 Å². The molecular weight excluding hydrogens is 234 g/mol. The number of aromatic nitrogens is 4. The number of nitrogens with zero attached hydrogens (tertiary/aromatic N) is 4. The first-order valence-electron chi connectivity index (χ1n) is 5.85. The highest BCUT2D eigenvalue weighted by molar-refractivity contribution is 5.42. The Hall–Kier alpha value is -1.73. The molecule has 1 N–H and O–H groups in total. The molecule has 1 aliphatic rings. The summed E-state index contributed by atoms with van der Waals surface area (Å²) < 4.78 is 12.4. The molecule has 0 amide bonds. The molecule has 0 unspecified atom stereocenters. The molecule has 0 saturated carbocycles. The van der Waals surface area contributed by atoms with Crippen LogP contribution in [0.25, 0.3) is 11.6 Å². The van der Waals surface area contributed by atoms with Crippen molar-refractivity contribution in [1.82, 2.24) is 25.0 Å². The van der Waals surface area contributed by atoms with E-state index in [-0.39, 0.29) is 12.1 Å². The molecule has 0 aromatic carbocycles. The Balaban J connectivity index is 1.80. The van der Waals surface area contributed by atoms with E-state index >= 15 is 0 Å². The third-order valence-corrected chi connectivity index (χ3v) is 3.18. The van der Waals surface area contributed by atoms with Crippen LogP contribution in [-0.2, 0) is 11.8 Å². The van der Waals surface area contributed by atoms with Gasteiger partial charge in [0.1, 0.15) is 0 Å². The predicted octanol–water partition coefficient (Wildman–Crippen LogP) is 0.519. The van der Waals surface area contributed by atoms with E-state index in [1.807, 2.05) is 17.8 Å². The average molecular weight is 249 g/mol. The Morgan fingerprint density at radius 1 is 1.56 bits per heavy atom. The maximum absolute atomic E-state index is 5.29. The number of hydrogen-bond acceptors (Lipinski definition) is 6. The second-order valence-electron chi connectivity index (χ2n) is 4.37. The second kappa shape index (κ2) is 4.51. The minimum absolute atomic E-state index is 0.0662. The van der Waals surface area contributed by atoms with Gasteiger partial charge in [-0.25, -0.2) is 4.98 Å². The van der Waals surface area contributed by atoms with Crippen LogP contribution >= 0.6 is 0 Å². The molecule has 0 aliphatic carbocycles. The molecule has 2 aromatic heterocycles. The van der Waals surface area contributed by atoms with Crippen LogP contribution in [-0.4, -0.2) is 39.5 Å². The SMILES string of the molecule is CO[C@@H]1CN[C@@H](c2nc(-c3nccn3C)no2)C1. The molecule has 3 rings (SSSR count). The lowest BCUT2D eigenvalue weighted by atomic mass is 10.2. The van der Waals surface area contributed by atoms with Crippen LogP contribution in [0.3, 0.4) is 0 Å². The van der Waals surface area contributed by atoms with E-state index in [1.165, 1.54) is 0 Å². The minimum Gasteiger partial charge on any atom is -0.380 e. The zero-order chi connectivity index (χ0) is 12.5. The molecular formula is C11H15N5O2. The third kappa shape index (κ3) is 1.91. The first-order chi connectivity index (χ1) is 8.78. The van der Waals surface area contributed by atoms with Crippen molar-refractivity contribution in [2.75, 3.05) is 13.7 Å². The Morgan fingerprint density at radius 3 is 3.11 bits per heavy atom. The normalized spacial score (nSPS) is 23.7. The third-order valence-electron chi connectivity index (χ3n) is 3.18. The van der Waals surface area contributed by atoms with Crippen molar-refractivity contribution < 1.29 is 9.26 Å². The number of imidazole rings is 1. The molecule has 1 aliphatic heterocycles. The monoisotopic (exact) mass is 249 g/mol. The molecule has 1 fully saturated rings. The van der Waals surface area contributed by atoms with Gasteiger partial charge < -0.3 is 19.1 Å². The van der Waals surface area contributed by atoms with Crippen molar-refractivity contribution in [1.29, 1.82) is 0 Å². The lowest BCUT2D eigenvalue weighted by Crippen LogP contribution is -2.16. The topological polar surface area (TPSA) is 78.0 Å². The Morgan fingerprint density at radius 2 is 2.44 bits per heavy atom. The lowest BCUT2D eigenvalue weighted by Gasteiger charge is -2.04. The van der Waals surface area contributed by atoms with E-state index in [0.717, 1.165) is 13.0 Å². The summed E-state index contributed by atoms with van der Waals surface area (Å²) >= 11 is 0. The van der Waals surface area contributed by atoms with Crippen LogP contribution in [0.15, 0.2) is 16.9 Å². The lowest BCUT2D eigenvalue weighted by molar-refractivity contribution is 0.116. The number of nitrogens with one attached hydrogen (secondary N) is 1. The zero-order valence-corrected chi connectivity index (χ0v) is 10.3. The van der Waals surface area contributed by atoms with Gasteiger partial charge in [0.2, 0.25) is 11.7 Å². The van der Waals surface area contributed by atoms with E-state index < -0.39 is 0 Å². The summed E-state index contributed by atoms with van der Waals surface area (Å²) in [7, 11) is 3.61. The fraction of sp³-hybridized carbons (Fsp3) is 0.545. The van der Waals surface area contributed by atoms with Gasteiger partial charge >= 0.3 is 0 Å². The highest BCUT2D eigenvalue weighted by Crippen LogP contribution is 2.24. The Bertz CT molecular complexity index is 535. The summed E-state index contributed by atoms with van der Waals surface area (Å²) in [5.74, 6) is 1.80. The van der Waals surface area contributed by atoms with Gasteiger partial charge in [-0.2, -0.15) is 4.98 Å². The molecule has 96 valence electrons. The standard InChI is InChI=1S/C11H15N5O2/c1-16-4-3-12-10(16)9-14-11(18-15-9)8-5-7(17-2)6-13-8/h3-4,7-8,13H,5-6H2,1-2H3/t7-,8+/m0/s1. The highest BCUT2D eigenvalue weighted by Gasteiger charge is 2.29. The maximum atomic E-state index is 5.29. The van der Waals surface area contributed by atoms with Crippen LogP contribution in [0.1, 0.15) is 18.4 Å². The number of ether oxygens (including phenoxy) is 1. The molecule has 18 heavy (non-hydrogen) atoms. The highest BCUT2D eigenvalue weighted by atomic mass is 16.5. The number of hydrogen-bond donors (Lipinski definition) is 1. The molecule has 3 heterocycles. The van der Waals surface area contributed by atoms with Crippen LogP contribution in [0.4, 0.5) is 0 Å². The Kier molecular flexibility index (Phi) is 2.85. The van der Waals surface area contributed by atoms with E-state index in [9.17, 15) is 0 Å². The fourth-order valence-corrected chi connectivity index (χ4v) is 2.12. The van der Waals surface area contributed by atoms with E-state index in [2.05, 4.69) is 20.4 Å². The van der Waals surface area contributed by atoms with Crippen LogP contribution in [0.2, 0.25) is 0 Å². The van der Waals surface area contributed by atoms with E-state index in [4.69, 9.17) is 9.26 Å². The van der Waals surface area contributed by atoms with Gasteiger partial charge in [0.05, 0.1) is 12.1 Å². The molecule has 2 atom stereocenters. The van der Waals surface area contributed by atoms with Gasteiger partial charge in [0.25, 0.3) is 0 Å². The smallest absolute Gasteiger partial charge is 0.244 e. The van der Waals surface area contributed by atoms with Crippen molar-refractivity contribution in [2.24, 2.45) is 7.05 Å². The summed E-state index contributed by atoms with van der Waals surface area (Å²) in [6, 6.07) is 0.0662. The second-order valence-corrected chi connectivity index (χ2v) is 4.37. The van der Waals surface area contributed by atoms with E-state index in [0.29, 0.717) is 17.5 Å². The van der Waals surface area contributed by atoms with Crippen molar-refractivity contribution in [3.63, 3.8) is 0 Å². The average Bonchev–Trinajstić information content (AvgIpc) is 3.07. The largest absolute Gasteiger partial charge is 0.380 e. The number of rotatable bonds is 3.